The topological polar surface area (TPSA) is 65.8 Å². The first-order valence-corrected chi connectivity index (χ1v) is 8.51. The largest absolute Gasteiger partial charge is 0.440 e. The van der Waals surface area contributed by atoms with E-state index in [-0.39, 0.29) is 22.8 Å². The standard InChI is InChI=1S/C18H20ClN3O3/c1-21-8-10-22(11-9-21)17(23)12-13-2-4-14(5-3-13)20-18(24)15-6-7-16(19)25-15/h2-7H,8-12H2,1H3,(H,20,24). The van der Waals surface area contributed by atoms with Gasteiger partial charge in [-0.05, 0) is 48.5 Å². The number of piperazine rings is 1. The summed E-state index contributed by atoms with van der Waals surface area (Å²) < 4.78 is 5.07. The zero-order chi connectivity index (χ0) is 17.8. The molecule has 132 valence electrons. The van der Waals surface area contributed by atoms with Crippen LogP contribution in [0.1, 0.15) is 16.1 Å². The Morgan fingerprint density at radius 1 is 1.08 bits per heavy atom. The van der Waals surface area contributed by atoms with Crippen LogP contribution in [0.15, 0.2) is 40.8 Å². The van der Waals surface area contributed by atoms with Crippen LogP contribution in [0.2, 0.25) is 5.22 Å². The number of benzene rings is 1. The first kappa shape index (κ1) is 17.5. The molecule has 2 aromatic rings. The molecule has 1 aromatic carbocycles. The summed E-state index contributed by atoms with van der Waals surface area (Å²) >= 11 is 5.66. The van der Waals surface area contributed by atoms with Gasteiger partial charge in [0.15, 0.2) is 11.0 Å². The molecule has 6 nitrogen and oxygen atoms in total. The highest BCUT2D eigenvalue weighted by Crippen LogP contribution is 2.16. The molecule has 0 unspecified atom stereocenters. The molecule has 1 aliphatic rings. The molecule has 0 bridgehead atoms. The average Bonchev–Trinajstić information content (AvgIpc) is 3.04. The lowest BCUT2D eigenvalue weighted by atomic mass is 10.1. The predicted molar refractivity (Wildman–Crippen MR) is 95.9 cm³/mol. The van der Waals surface area contributed by atoms with Gasteiger partial charge in [-0.1, -0.05) is 12.1 Å². The van der Waals surface area contributed by atoms with Crippen molar-refractivity contribution in [2.24, 2.45) is 0 Å². The number of halogens is 1. The van der Waals surface area contributed by atoms with Gasteiger partial charge in [0.2, 0.25) is 5.91 Å². The van der Waals surface area contributed by atoms with Gasteiger partial charge >= 0.3 is 0 Å². The Morgan fingerprint density at radius 2 is 1.76 bits per heavy atom. The molecule has 1 aliphatic heterocycles. The number of carbonyl (C=O) groups is 2. The third-order valence-electron chi connectivity index (χ3n) is 4.22. The van der Waals surface area contributed by atoms with Gasteiger partial charge in [0.05, 0.1) is 6.42 Å². The van der Waals surface area contributed by atoms with Crippen LogP contribution in [0.25, 0.3) is 0 Å². The molecule has 0 spiro atoms. The highest BCUT2D eigenvalue weighted by atomic mass is 35.5. The fourth-order valence-corrected chi connectivity index (χ4v) is 2.82. The number of nitrogens with zero attached hydrogens (tertiary/aromatic N) is 2. The fraction of sp³-hybridized carbons (Fsp3) is 0.333. The first-order valence-electron chi connectivity index (χ1n) is 8.13. The number of hydrogen-bond acceptors (Lipinski definition) is 4. The predicted octanol–water partition coefficient (Wildman–Crippen LogP) is 2.50. The monoisotopic (exact) mass is 361 g/mol. The highest BCUT2D eigenvalue weighted by Gasteiger charge is 2.19. The number of likely N-dealkylation sites (N-methyl/N-ethyl adjacent to an activating group) is 1. The number of furan rings is 1. The fourth-order valence-electron chi connectivity index (χ4n) is 2.68. The minimum atomic E-state index is -0.367. The SMILES string of the molecule is CN1CCN(C(=O)Cc2ccc(NC(=O)c3ccc(Cl)o3)cc2)CC1. The average molecular weight is 362 g/mol. The van der Waals surface area contributed by atoms with Crippen molar-refractivity contribution in [1.29, 1.82) is 0 Å². The Bertz CT molecular complexity index is 749. The number of amides is 2. The van der Waals surface area contributed by atoms with E-state index in [1.807, 2.05) is 17.0 Å². The third-order valence-corrected chi connectivity index (χ3v) is 4.42. The van der Waals surface area contributed by atoms with E-state index in [1.54, 1.807) is 12.1 Å². The number of carbonyl (C=O) groups excluding carboxylic acids is 2. The van der Waals surface area contributed by atoms with Crippen LogP contribution in [0.4, 0.5) is 5.69 Å². The molecular weight excluding hydrogens is 342 g/mol. The maximum atomic E-state index is 12.3. The van der Waals surface area contributed by atoms with Crippen LogP contribution in [-0.2, 0) is 11.2 Å². The Kier molecular flexibility index (Phi) is 5.40. The number of nitrogens with one attached hydrogen (secondary N) is 1. The molecule has 1 saturated heterocycles. The molecule has 1 aromatic heterocycles. The summed E-state index contributed by atoms with van der Waals surface area (Å²) in [5, 5.41) is 2.90. The summed E-state index contributed by atoms with van der Waals surface area (Å²) in [6.07, 6.45) is 0.367. The van der Waals surface area contributed by atoms with E-state index in [0.717, 1.165) is 31.7 Å². The van der Waals surface area contributed by atoms with Gasteiger partial charge in [0.1, 0.15) is 0 Å². The Labute approximate surface area is 151 Å². The Morgan fingerprint density at radius 3 is 2.36 bits per heavy atom. The second-order valence-electron chi connectivity index (χ2n) is 6.12. The maximum absolute atomic E-state index is 12.3. The number of rotatable bonds is 4. The second kappa shape index (κ2) is 7.72. The van der Waals surface area contributed by atoms with Gasteiger partial charge < -0.3 is 19.5 Å². The first-order chi connectivity index (χ1) is 12.0. The molecule has 0 atom stereocenters. The van der Waals surface area contributed by atoms with Gasteiger partial charge in [-0.15, -0.1) is 0 Å². The molecule has 1 N–H and O–H groups in total. The molecule has 25 heavy (non-hydrogen) atoms. The summed E-state index contributed by atoms with van der Waals surface area (Å²) in [5.41, 5.74) is 1.55. The molecule has 2 amide bonds. The maximum Gasteiger partial charge on any atom is 0.291 e. The molecule has 2 heterocycles. The normalized spacial score (nSPS) is 15.2. The molecule has 0 saturated carbocycles. The summed E-state index contributed by atoms with van der Waals surface area (Å²) in [5.74, 6) is -0.0809. The van der Waals surface area contributed by atoms with Gasteiger partial charge in [-0.2, -0.15) is 0 Å². The zero-order valence-corrected chi connectivity index (χ0v) is 14.8. The van der Waals surface area contributed by atoms with Gasteiger partial charge in [0, 0.05) is 31.9 Å². The van der Waals surface area contributed by atoms with Crippen LogP contribution in [0, 0.1) is 0 Å². The molecular formula is C18H20ClN3O3. The number of anilines is 1. The van der Waals surface area contributed by atoms with Crippen molar-refractivity contribution in [1.82, 2.24) is 9.80 Å². The van der Waals surface area contributed by atoms with E-state index in [4.69, 9.17) is 16.0 Å². The molecule has 1 fully saturated rings. The Hall–Kier alpha value is -2.31. The molecule has 7 heteroatoms. The quantitative estimate of drug-likeness (QED) is 0.908. The molecule has 3 rings (SSSR count). The molecule has 0 aliphatic carbocycles. The van der Waals surface area contributed by atoms with E-state index in [9.17, 15) is 9.59 Å². The summed E-state index contributed by atoms with van der Waals surface area (Å²) in [7, 11) is 2.06. The van der Waals surface area contributed by atoms with Crippen molar-refractivity contribution in [2.45, 2.75) is 6.42 Å². The van der Waals surface area contributed by atoms with Crippen LogP contribution in [-0.4, -0.2) is 54.8 Å². The minimum Gasteiger partial charge on any atom is -0.440 e. The van der Waals surface area contributed by atoms with Crippen LogP contribution >= 0.6 is 11.6 Å². The van der Waals surface area contributed by atoms with Gasteiger partial charge in [-0.3, -0.25) is 9.59 Å². The van der Waals surface area contributed by atoms with Crippen molar-refractivity contribution in [2.75, 3.05) is 38.5 Å². The highest BCUT2D eigenvalue weighted by molar-refractivity contribution is 6.29. The molecule has 0 radical (unpaired) electrons. The second-order valence-corrected chi connectivity index (χ2v) is 6.49. The van der Waals surface area contributed by atoms with Crippen molar-refractivity contribution in [3.63, 3.8) is 0 Å². The van der Waals surface area contributed by atoms with Crippen LogP contribution in [0.5, 0.6) is 0 Å². The van der Waals surface area contributed by atoms with E-state index in [0.29, 0.717) is 12.1 Å². The van der Waals surface area contributed by atoms with E-state index >= 15 is 0 Å². The van der Waals surface area contributed by atoms with E-state index < -0.39 is 0 Å². The summed E-state index contributed by atoms with van der Waals surface area (Å²) in [4.78, 5) is 28.4. The number of hydrogen-bond donors (Lipinski definition) is 1. The smallest absolute Gasteiger partial charge is 0.291 e. The lowest BCUT2D eigenvalue weighted by Crippen LogP contribution is -2.47. The van der Waals surface area contributed by atoms with Crippen LogP contribution < -0.4 is 5.32 Å². The van der Waals surface area contributed by atoms with Crippen molar-refractivity contribution >= 4 is 29.1 Å². The van der Waals surface area contributed by atoms with E-state index in [1.165, 1.54) is 12.1 Å². The summed E-state index contributed by atoms with van der Waals surface area (Å²) in [6, 6.07) is 10.3. The van der Waals surface area contributed by atoms with Gasteiger partial charge in [0.25, 0.3) is 5.91 Å². The van der Waals surface area contributed by atoms with Gasteiger partial charge in [-0.25, -0.2) is 0 Å². The lowest BCUT2D eigenvalue weighted by Gasteiger charge is -2.32. The summed E-state index contributed by atoms with van der Waals surface area (Å²) in [6.45, 7) is 3.37. The zero-order valence-electron chi connectivity index (χ0n) is 14.0. The van der Waals surface area contributed by atoms with Crippen molar-refractivity contribution in [3.05, 3.63) is 52.9 Å². The minimum absolute atomic E-state index is 0.134. The third kappa shape index (κ3) is 4.61. The van der Waals surface area contributed by atoms with Crippen LogP contribution in [0.3, 0.4) is 0 Å². The Balaban J connectivity index is 1.55. The van der Waals surface area contributed by atoms with Crippen molar-refractivity contribution < 1.29 is 14.0 Å². The lowest BCUT2D eigenvalue weighted by molar-refractivity contribution is -0.132. The van der Waals surface area contributed by atoms with Crippen molar-refractivity contribution in [3.8, 4) is 0 Å². The van der Waals surface area contributed by atoms with E-state index in [2.05, 4.69) is 17.3 Å².